The van der Waals surface area contributed by atoms with Crippen molar-refractivity contribution in [2.24, 2.45) is 0 Å². The summed E-state index contributed by atoms with van der Waals surface area (Å²) in [4.78, 5) is 13.3. The second-order valence-corrected chi connectivity index (χ2v) is 4.74. The minimum absolute atomic E-state index is 0.0782. The average molecular weight is 275 g/mol. The van der Waals surface area contributed by atoms with Crippen molar-refractivity contribution in [3.8, 4) is 11.4 Å². The molecule has 20 heavy (non-hydrogen) atoms. The van der Waals surface area contributed by atoms with Crippen molar-refractivity contribution >= 4 is 5.91 Å². The van der Waals surface area contributed by atoms with Gasteiger partial charge in [-0.15, -0.1) is 10.2 Å². The van der Waals surface area contributed by atoms with Crippen LogP contribution < -0.4 is 5.32 Å². The van der Waals surface area contributed by atoms with Gasteiger partial charge in [-0.3, -0.25) is 4.79 Å². The summed E-state index contributed by atoms with van der Waals surface area (Å²) in [6.45, 7) is 0.689. The number of rotatable bonds is 2. The van der Waals surface area contributed by atoms with Gasteiger partial charge in [0.25, 0.3) is 0 Å². The van der Waals surface area contributed by atoms with Gasteiger partial charge in [0.1, 0.15) is 5.82 Å². The number of nitrogens with zero attached hydrogens (tertiary/aromatic N) is 4. The van der Waals surface area contributed by atoms with Crippen LogP contribution in [0.5, 0.6) is 0 Å². The van der Waals surface area contributed by atoms with Gasteiger partial charge < -0.3 is 5.32 Å². The Kier molecular flexibility index (Phi) is 3.41. The molecule has 1 aromatic carbocycles. The quantitative estimate of drug-likeness (QED) is 0.897. The third-order valence-corrected chi connectivity index (χ3v) is 3.32. The van der Waals surface area contributed by atoms with E-state index in [1.54, 1.807) is 12.1 Å². The van der Waals surface area contributed by atoms with Gasteiger partial charge in [0.05, 0.1) is 0 Å². The highest BCUT2D eigenvalue weighted by Gasteiger charge is 2.25. The molecular formula is C13H14FN5O. The van der Waals surface area contributed by atoms with Gasteiger partial charge >= 0.3 is 0 Å². The highest BCUT2D eigenvalue weighted by atomic mass is 19.1. The SMILES string of the molecule is O=C1NCCCC[C@@H]1n1nnc(-c2ccc(F)cc2)n1. The summed E-state index contributed by atoms with van der Waals surface area (Å²) >= 11 is 0. The first-order chi connectivity index (χ1) is 9.74. The van der Waals surface area contributed by atoms with Crippen LogP contribution in [0.2, 0.25) is 0 Å². The molecular weight excluding hydrogens is 261 g/mol. The lowest BCUT2D eigenvalue weighted by Gasteiger charge is -2.10. The van der Waals surface area contributed by atoms with Crippen molar-refractivity contribution in [3.05, 3.63) is 30.1 Å². The molecule has 1 amide bonds. The average Bonchev–Trinajstić information content (AvgIpc) is 2.83. The summed E-state index contributed by atoms with van der Waals surface area (Å²) in [5.74, 6) is -0.00288. The van der Waals surface area contributed by atoms with Crippen molar-refractivity contribution in [1.29, 1.82) is 0 Å². The Morgan fingerprint density at radius 2 is 2.05 bits per heavy atom. The van der Waals surface area contributed by atoms with Gasteiger partial charge in [0.2, 0.25) is 11.7 Å². The van der Waals surface area contributed by atoms with Gasteiger partial charge in [-0.25, -0.2) is 4.39 Å². The van der Waals surface area contributed by atoms with Crippen LogP contribution in [-0.2, 0) is 4.79 Å². The maximum atomic E-state index is 12.9. The molecule has 0 bridgehead atoms. The molecule has 1 saturated heterocycles. The monoisotopic (exact) mass is 275 g/mol. The lowest BCUT2D eigenvalue weighted by atomic mass is 10.1. The zero-order valence-electron chi connectivity index (χ0n) is 10.8. The Morgan fingerprint density at radius 1 is 1.25 bits per heavy atom. The summed E-state index contributed by atoms with van der Waals surface area (Å²) in [7, 11) is 0. The van der Waals surface area contributed by atoms with E-state index in [1.807, 2.05) is 0 Å². The van der Waals surface area contributed by atoms with E-state index in [4.69, 9.17) is 0 Å². The van der Waals surface area contributed by atoms with Crippen LogP contribution in [0.15, 0.2) is 24.3 Å². The van der Waals surface area contributed by atoms with Crippen molar-refractivity contribution in [2.45, 2.75) is 25.3 Å². The van der Waals surface area contributed by atoms with Crippen LogP contribution in [-0.4, -0.2) is 32.7 Å². The lowest BCUT2D eigenvalue weighted by molar-refractivity contribution is -0.124. The fraction of sp³-hybridized carbons (Fsp3) is 0.385. The summed E-state index contributed by atoms with van der Waals surface area (Å²) < 4.78 is 12.9. The first-order valence-corrected chi connectivity index (χ1v) is 6.57. The number of carbonyl (C=O) groups is 1. The van der Waals surface area contributed by atoms with E-state index >= 15 is 0 Å². The predicted molar refractivity (Wildman–Crippen MR) is 69.1 cm³/mol. The molecule has 1 atom stereocenters. The summed E-state index contributed by atoms with van der Waals surface area (Å²) in [6, 6.07) is 5.44. The summed E-state index contributed by atoms with van der Waals surface area (Å²) in [5.41, 5.74) is 0.673. The second-order valence-electron chi connectivity index (χ2n) is 4.74. The topological polar surface area (TPSA) is 72.7 Å². The lowest BCUT2D eigenvalue weighted by Crippen LogP contribution is -2.32. The minimum atomic E-state index is -0.417. The van der Waals surface area contributed by atoms with Crippen LogP contribution in [0, 0.1) is 5.82 Å². The van der Waals surface area contributed by atoms with Crippen LogP contribution >= 0.6 is 0 Å². The number of aromatic nitrogens is 4. The van der Waals surface area contributed by atoms with Crippen molar-refractivity contribution in [2.75, 3.05) is 6.54 Å². The van der Waals surface area contributed by atoms with Gasteiger partial charge in [0, 0.05) is 12.1 Å². The zero-order chi connectivity index (χ0) is 13.9. The van der Waals surface area contributed by atoms with E-state index in [0.717, 1.165) is 12.8 Å². The van der Waals surface area contributed by atoms with Gasteiger partial charge in [-0.1, -0.05) is 0 Å². The van der Waals surface area contributed by atoms with E-state index in [-0.39, 0.29) is 11.7 Å². The molecule has 1 fully saturated rings. The molecule has 0 spiro atoms. The van der Waals surface area contributed by atoms with Gasteiger partial charge in [0.15, 0.2) is 6.04 Å². The van der Waals surface area contributed by atoms with Crippen LogP contribution in [0.25, 0.3) is 11.4 Å². The third-order valence-electron chi connectivity index (χ3n) is 3.32. The number of amides is 1. The van der Waals surface area contributed by atoms with Crippen molar-refractivity contribution in [1.82, 2.24) is 25.5 Å². The predicted octanol–water partition coefficient (Wildman–Crippen LogP) is 1.32. The molecule has 0 aliphatic carbocycles. The standard InChI is InChI=1S/C13H14FN5O/c14-10-6-4-9(5-7-10)12-16-18-19(17-12)11-3-1-2-8-15-13(11)20/h4-7,11H,1-3,8H2,(H,15,20)/t11-/m0/s1. The molecule has 2 aromatic rings. The number of nitrogens with one attached hydrogen (secondary N) is 1. The van der Waals surface area contributed by atoms with Crippen molar-refractivity contribution < 1.29 is 9.18 Å². The molecule has 1 N–H and O–H groups in total. The molecule has 6 nitrogen and oxygen atoms in total. The maximum absolute atomic E-state index is 12.9. The zero-order valence-corrected chi connectivity index (χ0v) is 10.8. The molecule has 3 rings (SSSR count). The molecule has 7 heteroatoms. The smallest absolute Gasteiger partial charge is 0.246 e. The highest BCUT2D eigenvalue weighted by Crippen LogP contribution is 2.19. The Hall–Kier alpha value is -2.31. The fourth-order valence-electron chi connectivity index (χ4n) is 2.22. The van der Waals surface area contributed by atoms with E-state index in [9.17, 15) is 9.18 Å². The highest BCUT2D eigenvalue weighted by molar-refractivity contribution is 5.80. The molecule has 0 saturated carbocycles. The fourth-order valence-corrected chi connectivity index (χ4v) is 2.22. The number of hydrogen-bond acceptors (Lipinski definition) is 4. The molecule has 1 aliphatic heterocycles. The molecule has 2 heterocycles. The number of benzene rings is 1. The number of halogens is 1. The third kappa shape index (κ3) is 2.52. The molecule has 1 aromatic heterocycles. The van der Waals surface area contributed by atoms with Gasteiger partial charge in [-0.2, -0.15) is 4.80 Å². The minimum Gasteiger partial charge on any atom is -0.354 e. The molecule has 104 valence electrons. The van der Waals surface area contributed by atoms with E-state index in [2.05, 4.69) is 20.7 Å². The van der Waals surface area contributed by atoms with E-state index in [1.165, 1.54) is 16.9 Å². The summed E-state index contributed by atoms with van der Waals surface area (Å²) in [5, 5.41) is 15.0. The molecule has 0 radical (unpaired) electrons. The van der Waals surface area contributed by atoms with Gasteiger partial charge in [-0.05, 0) is 48.7 Å². The van der Waals surface area contributed by atoms with Crippen LogP contribution in [0.3, 0.4) is 0 Å². The first-order valence-electron chi connectivity index (χ1n) is 6.57. The molecule has 0 unspecified atom stereocenters. The van der Waals surface area contributed by atoms with Crippen LogP contribution in [0.4, 0.5) is 4.39 Å². The Morgan fingerprint density at radius 3 is 2.85 bits per heavy atom. The molecule has 1 aliphatic rings. The first kappa shape index (κ1) is 12.7. The number of tetrazole rings is 1. The number of hydrogen-bond donors (Lipinski definition) is 1. The normalized spacial score (nSPS) is 19.4. The second kappa shape index (κ2) is 5.36. The maximum Gasteiger partial charge on any atom is 0.246 e. The van der Waals surface area contributed by atoms with Crippen molar-refractivity contribution in [3.63, 3.8) is 0 Å². The number of carbonyl (C=O) groups excluding carboxylic acids is 1. The largest absolute Gasteiger partial charge is 0.354 e. The van der Waals surface area contributed by atoms with E-state index in [0.29, 0.717) is 24.4 Å². The van der Waals surface area contributed by atoms with E-state index < -0.39 is 6.04 Å². The Bertz CT molecular complexity index is 609. The Balaban J connectivity index is 1.85. The summed E-state index contributed by atoms with van der Waals surface area (Å²) in [6.07, 6.45) is 2.60. The Labute approximate surface area is 115 Å². The van der Waals surface area contributed by atoms with Crippen LogP contribution in [0.1, 0.15) is 25.3 Å².